The molecule has 0 rings (SSSR count). The van der Waals surface area contributed by atoms with Gasteiger partial charge in [-0.25, -0.2) is 0 Å². The lowest BCUT2D eigenvalue weighted by atomic mass is 10.3. The molecule has 0 radical (unpaired) electrons. The second-order valence-corrected chi connectivity index (χ2v) is 2.71. The van der Waals surface area contributed by atoms with Crippen molar-refractivity contribution in [1.82, 2.24) is 0 Å². The van der Waals surface area contributed by atoms with Crippen molar-refractivity contribution >= 4 is 0 Å². The summed E-state index contributed by atoms with van der Waals surface area (Å²) in [6.45, 7) is 0. The molecule has 110 valence electrons. The fourth-order valence-electron chi connectivity index (χ4n) is 0.511. The third-order valence-corrected chi connectivity index (χ3v) is 1.33. The quantitative estimate of drug-likeness (QED) is 0.702. The largest absolute Gasteiger partial charge is 0.483 e. The lowest BCUT2D eigenvalue weighted by molar-refractivity contribution is -0.514. The van der Waals surface area contributed by atoms with E-state index >= 15 is 0 Å². The Hall–Kier alpha value is -0.880. The van der Waals surface area contributed by atoms with Crippen LogP contribution in [-0.4, -0.2) is 30.5 Å². The number of rotatable bonds is 2. The Kier molecular flexibility index (Phi) is 3.86. The smallest absolute Gasteiger partial charge is 0.260 e. The molecule has 0 atom stereocenters. The van der Waals surface area contributed by atoms with Crippen molar-refractivity contribution < 1.29 is 57.4 Å². The van der Waals surface area contributed by atoms with Crippen LogP contribution >= 0.6 is 0 Å². The van der Waals surface area contributed by atoms with Gasteiger partial charge in [-0.3, -0.25) is 4.74 Å². The summed E-state index contributed by atoms with van der Waals surface area (Å²) in [5.74, 6) is -7.15. The third kappa shape index (κ3) is 2.92. The van der Waals surface area contributed by atoms with Gasteiger partial charge in [-0.1, -0.05) is 0 Å². The first-order chi connectivity index (χ1) is 7.46. The van der Waals surface area contributed by atoms with Gasteiger partial charge in [0.05, 0.1) is 0 Å². The van der Waals surface area contributed by atoms with E-state index in [1.54, 1.807) is 0 Å². The zero-order chi connectivity index (χ0) is 15.2. The molecular weight excluding hydrogens is 304 g/mol. The number of hydrogen-bond donors (Lipinski definition) is 0. The van der Waals surface area contributed by atoms with Gasteiger partial charge in [0.2, 0.25) is 0 Å². The fraction of sp³-hybridized carbons (Fsp3) is 1.00. The van der Waals surface area contributed by atoms with Crippen molar-refractivity contribution in [2.24, 2.45) is 0 Å². The molecule has 18 heavy (non-hydrogen) atoms. The van der Waals surface area contributed by atoms with E-state index in [4.69, 9.17) is 0 Å². The first kappa shape index (κ1) is 17.1. The molecule has 0 amide bonds. The van der Waals surface area contributed by atoms with Gasteiger partial charge in [0, 0.05) is 0 Å². The number of ether oxygens (including phenoxy) is 1. The standard InChI is InChI=1S/C5F12O/c6-1(2(7,8)9,3(10,11)12)18-5(16,17)4(13,14)15. The average molecular weight is 304 g/mol. The Morgan fingerprint density at radius 2 is 0.722 bits per heavy atom. The molecule has 0 N–H and O–H groups in total. The van der Waals surface area contributed by atoms with Gasteiger partial charge < -0.3 is 0 Å². The molecule has 0 unspecified atom stereocenters. The zero-order valence-electron chi connectivity index (χ0n) is 7.44. The van der Waals surface area contributed by atoms with E-state index in [9.17, 15) is 52.7 Å². The Bertz CT molecular complexity index is 279. The Labute approximate surface area is 89.3 Å². The minimum Gasteiger partial charge on any atom is -0.260 e. The molecule has 0 bridgehead atoms. The van der Waals surface area contributed by atoms with E-state index in [0.717, 1.165) is 0 Å². The topological polar surface area (TPSA) is 9.23 Å². The van der Waals surface area contributed by atoms with Crippen LogP contribution in [0.25, 0.3) is 0 Å². The van der Waals surface area contributed by atoms with Gasteiger partial charge in [0.15, 0.2) is 0 Å². The van der Waals surface area contributed by atoms with Crippen LogP contribution in [0.3, 0.4) is 0 Å². The number of hydrogen-bond acceptors (Lipinski definition) is 1. The molecule has 0 aromatic carbocycles. The molecule has 13 heteroatoms. The highest BCUT2D eigenvalue weighted by Gasteiger charge is 2.80. The molecule has 1 nitrogen and oxygen atoms in total. The van der Waals surface area contributed by atoms with Gasteiger partial charge in [0.25, 0.3) is 0 Å². The molecule has 0 heterocycles. The fourth-order valence-corrected chi connectivity index (χ4v) is 0.511. The maximum atomic E-state index is 12.4. The van der Waals surface area contributed by atoms with Crippen LogP contribution in [0.4, 0.5) is 52.7 Å². The zero-order valence-corrected chi connectivity index (χ0v) is 7.44. The van der Waals surface area contributed by atoms with Crippen molar-refractivity contribution in [2.45, 2.75) is 30.5 Å². The molecule has 0 saturated carbocycles. The van der Waals surface area contributed by atoms with Gasteiger partial charge in [-0.15, -0.1) is 0 Å². The van der Waals surface area contributed by atoms with Crippen molar-refractivity contribution in [3.05, 3.63) is 0 Å². The third-order valence-electron chi connectivity index (χ3n) is 1.33. The van der Waals surface area contributed by atoms with Gasteiger partial charge in [-0.2, -0.15) is 52.7 Å². The predicted octanol–water partition coefficient (Wildman–Crippen LogP) is 3.95. The summed E-state index contributed by atoms with van der Waals surface area (Å²) in [4.78, 5) is 0. The molecule has 0 aromatic rings. The SMILES string of the molecule is FC(F)(F)C(F)(F)OC(F)(C(F)(F)F)C(F)(F)F. The summed E-state index contributed by atoms with van der Waals surface area (Å²) < 4.78 is 141. The second-order valence-electron chi connectivity index (χ2n) is 2.71. The first-order valence-corrected chi connectivity index (χ1v) is 3.43. The molecule has 0 spiro atoms. The Balaban J connectivity index is 5.58. The van der Waals surface area contributed by atoms with E-state index in [1.165, 1.54) is 4.74 Å². The first-order valence-electron chi connectivity index (χ1n) is 3.43. The lowest BCUT2D eigenvalue weighted by Crippen LogP contribution is -2.60. The molecule has 0 aliphatic carbocycles. The normalized spacial score (nSPS) is 16.0. The molecule has 0 aliphatic rings. The van der Waals surface area contributed by atoms with Crippen molar-refractivity contribution in [2.75, 3.05) is 0 Å². The van der Waals surface area contributed by atoms with E-state index in [0.29, 0.717) is 0 Å². The number of halogens is 12. The summed E-state index contributed by atoms with van der Waals surface area (Å²) >= 11 is 0. The van der Waals surface area contributed by atoms with Crippen molar-refractivity contribution in [3.8, 4) is 0 Å². The number of alkyl halides is 12. The highest BCUT2D eigenvalue weighted by molar-refractivity contribution is 4.88. The van der Waals surface area contributed by atoms with Gasteiger partial charge >= 0.3 is 30.5 Å². The van der Waals surface area contributed by atoms with Gasteiger partial charge in [0.1, 0.15) is 0 Å². The molecule has 0 aromatic heterocycles. The van der Waals surface area contributed by atoms with Crippen molar-refractivity contribution in [1.29, 1.82) is 0 Å². The molecular formula is C5F12O. The highest BCUT2D eigenvalue weighted by Crippen LogP contribution is 2.52. The van der Waals surface area contributed by atoms with E-state index in [-0.39, 0.29) is 0 Å². The summed E-state index contributed by atoms with van der Waals surface area (Å²) in [5, 5.41) is 0. The minimum absolute atomic E-state index is 1.34. The van der Waals surface area contributed by atoms with E-state index in [1.807, 2.05) is 0 Å². The highest BCUT2D eigenvalue weighted by atomic mass is 19.4. The van der Waals surface area contributed by atoms with Crippen LogP contribution in [0.5, 0.6) is 0 Å². The molecule has 0 aliphatic heterocycles. The van der Waals surface area contributed by atoms with Crippen LogP contribution in [0.2, 0.25) is 0 Å². The lowest BCUT2D eigenvalue weighted by Gasteiger charge is -2.33. The van der Waals surface area contributed by atoms with Crippen LogP contribution in [0.15, 0.2) is 0 Å². The van der Waals surface area contributed by atoms with E-state index < -0.39 is 30.5 Å². The summed E-state index contributed by atoms with van der Waals surface area (Å²) in [5.41, 5.74) is 0. The minimum atomic E-state index is -7.18. The maximum absolute atomic E-state index is 12.4. The summed E-state index contributed by atoms with van der Waals surface area (Å²) in [6, 6.07) is 0. The van der Waals surface area contributed by atoms with Crippen LogP contribution in [-0.2, 0) is 4.74 Å². The average Bonchev–Trinajstić information content (AvgIpc) is 1.95. The monoisotopic (exact) mass is 304 g/mol. The Morgan fingerprint density at radius 3 is 0.889 bits per heavy atom. The predicted molar refractivity (Wildman–Crippen MR) is 28.0 cm³/mol. The van der Waals surface area contributed by atoms with Crippen molar-refractivity contribution in [3.63, 3.8) is 0 Å². The molecule has 0 fully saturated rings. The summed E-state index contributed by atoms with van der Waals surface area (Å²) in [6.07, 6.45) is -28.3. The molecule has 0 saturated heterocycles. The summed E-state index contributed by atoms with van der Waals surface area (Å²) in [7, 11) is 0. The maximum Gasteiger partial charge on any atom is 0.483 e. The van der Waals surface area contributed by atoms with Gasteiger partial charge in [-0.05, 0) is 0 Å². The van der Waals surface area contributed by atoms with Crippen LogP contribution < -0.4 is 0 Å². The van der Waals surface area contributed by atoms with Crippen LogP contribution in [0, 0.1) is 0 Å². The Morgan fingerprint density at radius 1 is 0.444 bits per heavy atom. The van der Waals surface area contributed by atoms with Crippen LogP contribution in [0.1, 0.15) is 0 Å². The second kappa shape index (κ2) is 4.06. The van der Waals surface area contributed by atoms with E-state index in [2.05, 4.69) is 0 Å².